The molecule has 0 aromatic heterocycles. The molecule has 1 aromatic carbocycles. The normalized spacial score (nSPS) is 16.1. The zero-order valence-electron chi connectivity index (χ0n) is 15.3. The lowest BCUT2D eigenvalue weighted by Gasteiger charge is -2.34. The number of carboxylic acids is 1. The lowest BCUT2D eigenvalue weighted by molar-refractivity contribution is -0.139. The number of aliphatic carboxylic acids is 1. The van der Waals surface area contributed by atoms with Crippen LogP contribution < -0.4 is 0 Å². The first-order valence-corrected chi connectivity index (χ1v) is 9.81. The van der Waals surface area contributed by atoms with Crippen LogP contribution in [0.1, 0.15) is 11.1 Å². The molecule has 0 aliphatic carbocycles. The second kappa shape index (κ2) is 8.15. The standard InChI is InChI=1S/C17H25N3O5S/c1-13-4-5-15(10-14(13)2)26(24,25)20-8-6-19(7-9-20)16(21)11-18(3)12-17(22)23/h4-5,10H,6-9,11-12H2,1-3H3,(H,22,23). The number of aryl methyl sites for hydroxylation is 2. The van der Waals surface area contributed by atoms with Gasteiger partial charge in [0.15, 0.2) is 0 Å². The van der Waals surface area contributed by atoms with Crippen LogP contribution in [0.3, 0.4) is 0 Å². The van der Waals surface area contributed by atoms with Crippen LogP contribution in [0.25, 0.3) is 0 Å². The number of amides is 1. The molecule has 26 heavy (non-hydrogen) atoms. The highest BCUT2D eigenvalue weighted by Gasteiger charge is 2.30. The molecule has 144 valence electrons. The predicted molar refractivity (Wildman–Crippen MR) is 96.4 cm³/mol. The summed E-state index contributed by atoms with van der Waals surface area (Å²) in [5.41, 5.74) is 1.95. The van der Waals surface area contributed by atoms with Crippen LogP contribution in [-0.2, 0) is 19.6 Å². The molecule has 0 bridgehead atoms. The SMILES string of the molecule is Cc1ccc(S(=O)(=O)N2CCN(C(=O)CN(C)CC(=O)O)CC2)cc1C. The molecule has 0 saturated carbocycles. The molecule has 0 radical (unpaired) electrons. The Morgan fingerprint density at radius 3 is 2.23 bits per heavy atom. The highest BCUT2D eigenvalue weighted by Crippen LogP contribution is 2.20. The molecular weight excluding hydrogens is 358 g/mol. The molecule has 0 atom stereocenters. The van der Waals surface area contributed by atoms with Crippen LogP contribution in [0, 0.1) is 13.8 Å². The highest BCUT2D eigenvalue weighted by atomic mass is 32.2. The smallest absolute Gasteiger partial charge is 0.317 e. The van der Waals surface area contributed by atoms with E-state index < -0.39 is 16.0 Å². The minimum absolute atomic E-state index is 0.00376. The Morgan fingerprint density at radius 1 is 1.08 bits per heavy atom. The van der Waals surface area contributed by atoms with Crippen molar-refractivity contribution in [1.82, 2.24) is 14.1 Å². The van der Waals surface area contributed by atoms with E-state index in [9.17, 15) is 18.0 Å². The van der Waals surface area contributed by atoms with E-state index in [1.807, 2.05) is 13.8 Å². The fourth-order valence-corrected chi connectivity index (χ4v) is 4.33. The van der Waals surface area contributed by atoms with Gasteiger partial charge in [0.05, 0.1) is 18.0 Å². The van der Waals surface area contributed by atoms with E-state index in [4.69, 9.17) is 5.11 Å². The van der Waals surface area contributed by atoms with Crippen molar-refractivity contribution in [2.75, 3.05) is 46.3 Å². The summed E-state index contributed by atoms with van der Waals surface area (Å²) < 4.78 is 26.9. The average Bonchev–Trinajstić information content (AvgIpc) is 2.56. The molecule has 2 rings (SSSR count). The molecule has 8 nitrogen and oxygen atoms in total. The van der Waals surface area contributed by atoms with Gasteiger partial charge in [-0.3, -0.25) is 14.5 Å². The number of carbonyl (C=O) groups is 2. The van der Waals surface area contributed by atoms with Crippen LogP contribution >= 0.6 is 0 Å². The van der Waals surface area contributed by atoms with E-state index >= 15 is 0 Å². The number of likely N-dealkylation sites (N-methyl/N-ethyl adjacent to an activating group) is 1. The van der Waals surface area contributed by atoms with Crippen LogP contribution in [-0.4, -0.2) is 85.8 Å². The summed E-state index contributed by atoms with van der Waals surface area (Å²) in [5, 5.41) is 8.74. The fourth-order valence-electron chi connectivity index (χ4n) is 2.82. The zero-order valence-corrected chi connectivity index (χ0v) is 16.1. The van der Waals surface area contributed by atoms with E-state index in [2.05, 4.69) is 0 Å². The van der Waals surface area contributed by atoms with E-state index in [0.717, 1.165) is 11.1 Å². The predicted octanol–water partition coefficient (Wildman–Crippen LogP) is 0.153. The summed E-state index contributed by atoms with van der Waals surface area (Å²) in [6, 6.07) is 5.07. The Hall–Kier alpha value is -1.97. The van der Waals surface area contributed by atoms with E-state index in [1.165, 1.54) is 9.21 Å². The first-order chi connectivity index (χ1) is 12.1. The highest BCUT2D eigenvalue weighted by molar-refractivity contribution is 7.89. The number of nitrogens with zero attached hydrogens (tertiary/aromatic N) is 3. The molecule has 1 N–H and O–H groups in total. The van der Waals surface area contributed by atoms with Gasteiger partial charge in [0.25, 0.3) is 0 Å². The Labute approximate surface area is 154 Å². The van der Waals surface area contributed by atoms with Gasteiger partial charge in [0, 0.05) is 26.2 Å². The van der Waals surface area contributed by atoms with E-state index in [-0.39, 0.29) is 37.0 Å². The van der Waals surface area contributed by atoms with Gasteiger partial charge in [-0.2, -0.15) is 4.31 Å². The number of hydrogen-bond acceptors (Lipinski definition) is 5. The lowest BCUT2D eigenvalue weighted by Crippen LogP contribution is -2.52. The molecule has 1 fully saturated rings. The van der Waals surface area contributed by atoms with Gasteiger partial charge >= 0.3 is 5.97 Å². The number of carboxylic acid groups (broad SMARTS) is 1. The molecule has 1 amide bonds. The topological polar surface area (TPSA) is 98.2 Å². The third-order valence-corrected chi connectivity index (χ3v) is 6.41. The van der Waals surface area contributed by atoms with Gasteiger partial charge in [-0.1, -0.05) is 6.07 Å². The summed E-state index contributed by atoms with van der Waals surface area (Å²) in [4.78, 5) is 26.1. The van der Waals surface area contributed by atoms with Crippen molar-refractivity contribution in [3.05, 3.63) is 29.3 Å². The number of benzene rings is 1. The van der Waals surface area contributed by atoms with E-state index in [0.29, 0.717) is 13.1 Å². The summed E-state index contributed by atoms with van der Waals surface area (Å²) in [6.07, 6.45) is 0. The molecule has 0 unspecified atom stereocenters. The minimum Gasteiger partial charge on any atom is -0.480 e. The number of sulfonamides is 1. The molecule has 1 heterocycles. The third kappa shape index (κ3) is 4.80. The van der Waals surface area contributed by atoms with Crippen LogP contribution in [0.15, 0.2) is 23.1 Å². The lowest BCUT2D eigenvalue weighted by atomic mass is 10.1. The van der Waals surface area contributed by atoms with Gasteiger partial charge in [-0.25, -0.2) is 8.42 Å². The summed E-state index contributed by atoms with van der Waals surface area (Å²) >= 11 is 0. The summed E-state index contributed by atoms with van der Waals surface area (Å²) in [7, 11) is -2.02. The van der Waals surface area contributed by atoms with Crippen LogP contribution in [0.5, 0.6) is 0 Å². The van der Waals surface area contributed by atoms with Gasteiger partial charge < -0.3 is 10.0 Å². The Kier molecular flexibility index (Phi) is 6.38. The Morgan fingerprint density at radius 2 is 1.69 bits per heavy atom. The monoisotopic (exact) mass is 383 g/mol. The summed E-state index contributed by atoms with van der Waals surface area (Å²) in [5.74, 6) is -1.19. The van der Waals surface area contributed by atoms with Crippen molar-refractivity contribution < 1.29 is 23.1 Å². The van der Waals surface area contributed by atoms with Crippen molar-refractivity contribution in [1.29, 1.82) is 0 Å². The number of hydrogen-bond donors (Lipinski definition) is 1. The zero-order chi connectivity index (χ0) is 19.5. The second-order valence-corrected chi connectivity index (χ2v) is 8.53. The maximum atomic E-state index is 12.8. The Balaban J connectivity index is 1.97. The van der Waals surface area contributed by atoms with Crippen LogP contribution in [0.2, 0.25) is 0 Å². The molecular formula is C17H25N3O5S. The quantitative estimate of drug-likeness (QED) is 0.751. The number of piperazine rings is 1. The van der Waals surface area contributed by atoms with Crippen molar-refractivity contribution in [3.63, 3.8) is 0 Å². The van der Waals surface area contributed by atoms with Gasteiger partial charge in [0.1, 0.15) is 0 Å². The van der Waals surface area contributed by atoms with Gasteiger partial charge in [-0.15, -0.1) is 0 Å². The largest absolute Gasteiger partial charge is 0.480 e. The molecule has 0 spiro atoms. The first-order valence-electron chi connectivity index (χ1n) is 8.37. The molecule has 1 saturated heterocycles. The molecule has 1 aliphatic rings. The number of carbonyl (C=O) groups excluding carboxylic acids is 1. The van der Waals surface area contributed by atoms with Gasteiger partial charge in [-0.05, 0) is 44.2 Å². The first kappa shape index (κ1) is 20.3. The second-order valence-electron chi connectivity index (χ2n) is 6.60. The maximum absolute atomic E-state index is 12.8. The third-order valence-electron chi connectivity index (χ3n) is 4.52. The average molecular weight is 383 g/mol. The number of rotatable bonds is 6. The van der Waals surface area contributed by atoms with Crippen molar-refractivity contribution in [3.8, 4) is 0 Å². The summed E-state index contributed by atoms with van der Waals surface area (Å²) in [6.45, 7) is 4.63. The van der Waals surface area contributed by atoms with Crippen molar-refractivity contribution in [2.45, 2.75) is 18.7 Å². The molecule has 1 aliphatic heterocycles. The maximum Gasteiger partial charge on any atom is 0.317 e. The van der Waals surface area contributed by atoms with Gasteiger partial charge in [0.2, 0.25) is 15.9 Å². The fraction of sp³-hybridized carbons (Fsp3) is 0.529. The minimum atomic E-state index is -3.58. The van der Waals surface area contributed by atoms with E-state index in [1.54, 1.807) is 30.1 Å². The van der Waals surface area contributed by atoms with Crippen LogP contribution in [0.4, 0.5) is 0 Å². The molecule has 9 heteroatoms. The Bertz CT molecular complexity index is 786. The molecule has 1 aromatic rings. The van der Waals surface area contributed by atoms with Crippen molar-refractivity contribution >= 4 is 21.9 Å². The van der Waals surface area contributed by atoms with Crippen molar-refractivity contribution in [2.24, 2.45) is 0 Å².